The van der Waals surface area contributed by atoms with E-state index in [1.165, 1.54) is 0 Å². The fourth-order valence-corrected chi connectivity index (χ4v) is 4.18. The molecule has 0 spiro atoms. The van der Waals surface area contributed by atoms with Gasteiger partial charge in [-0.2, -0.15) is 0 Å². The van der Waals surface area contributed by atoms with Crippen molar-refractivity contribution in [2.75, 3.05) is 19.7 Å². The molecule has 37 heavy (non-hydrogen) atoms. The lowest BCUT2D eigenvalue weighted by atomic mass is 10.1. The van der Waals surface area contributed by atoms with Crippen LogP contribution in [0.15, 0.2) is 78.9 Å². The van der Waals surface area contributed by atoms with Gasteiger partial charge < -0.3 is 30.6 Å². The highest BCUT2D eigenvalue weighted by atomic mass is 16.6. The molecule has 1 fully saturated rings. The average Bonchev–Trinajstić information content (AvgIpc) is 2.93. The molecule has 0 bridgehead atoms. The van der Waals surface area contributed by atoms with Gasteiger partial charge in [-0.25, -0.2) is 4.79 Å². The van der Waals surface area contributed by atoms with Gasteiger partial charge >= 0.3 is 6.09 Å². The molecule has 8 heteroatoms. The van der Waals surface area contributed by atoms with Crippen LogP contribution < -0.4 is 20.9 Å². The normalized spacial score (nSPS) is 14.6. The van der Waals surface area contributed by atoms with Gasteiger partial charge in [0.15, 0.2) is 0 Å². The highest BCUT2D eigenvalue weighted by molar-refractivity contribution is 5.95. The number of hydrogen-bond acceptors (Lipinski definition) is 6. The molecule has 1 saturated heterocycles. The number of benzene rings is 3. The Balaban J connectivity index is 1.17. The van der Waals surface area contributed by atoms with Gasteiger partial charge in [-0.1, -0.05) is 54.6 Å². The van der Waals surface area contributed by atoms with Gasteiger partial charge in [-0.3, -0.25) is 5.41 Å². The van der Waals surface area contributed by atoms with E-state index in [-0.39, 0.29) is 30.7 Å². The molecule has 3 aromatic carbocycles. The van der Waals surface area contributed by atoms with Crippen LogP contribution in [0, 0.1) is 5.41 Å². The third kappa shape index (κ3) is 7.98. The monoisotopic (exact) mass is 502 g/mol. The van der Waals surface area contributed by atoms with Crippen LogP contribution in [0.4, 0.5) is 4.79 Å². The molecule has 1 aliphatic heterocycles. The number of carbonyl (C=O) groups is 1. The first-order chi connectivity index (χ1) is 18.0. The van der Waals surface area contributed by atoms with E-state index in [1.54, 1.807) is 23.1 Å². The summed E-state index contributed by atoms with van der Waals surface area (Å²) in [6, 6.07) is 24.6. The zero-order chi connectivity index (χ0) is 26.0. The lowest BCUT2D eigenvalue weighted by molar-refractivity contribution is 0.0638. The minimum Gasteiger partial charge on any atom is -0.492 e. The molecule has 1 aliphatic rings. The van der Waals surface area contributed by atoms with E-state index in [0.29, 0.717) is 37.4 Å². The molecule has 0 unspecified atom stereocenters. The Morgan fingerprint density at radius 2 is 1.68 bits per heavy atom. The maximum atomic E-state index is 12.4. The number of likely N-dealkylation sites (tertiary alicyclic amines) is 1. The summed E-state index contributed by atoms with van der Waals surface area (Å²) in [5, 5.41) is 7.53. The van der Waals surface area contributed by atoms with E-state index in [2.05, 4.69) is 0 Å². The molecule has 5 N–H and O–H groups in total. The van der Waals surface area contributed by atoms with Gasteiger partial charge in [0.25, 0.3) is 0 Å². The number of nitrogens with zero attached hydrogens (tertiary/aromatic N) is 1. The number of nitrogens with one attached hydrogen (secondary N) is 1. The van der Waals surface area contributed by atoms with Gasteiger partial charge in [-0.15, -0.1) is 0 Å². The van der Waals surface area contributed by atoms with Gasteiger partial charge in [-0.05, 0) is 41.8 Å². The topological polar surface area (TPSA) is 124 Å². The van der Waals surface area contributed by atoms with Crippen molar-refractivity contribution in [2.24, 2.45) is 11.5 Å². The van der Waals surface area contributed by atoms with Crippen LogP contribution >= 0.6 is 0 Å². The molecule has 194 valence electrons. The minimum atomic E-state index is -0.279. The van der Waals surface area contributed by atoms with E-state index < -0.39 is 0 Å². The van der Waals surface area contributed by atoms with Gasteiger partial charge in [0, 0.05) is 37.5 Å². The summed E-state index contributed by atoms with van der Waals surface area (Å²) in [6.07, 6.45) is 1.96. The van der Waals surface area contributed by atoms with Crippen molar-refractivity contribution in [1.82, 2.24) is 4.90 Å². The summed E-state index contributed by atoms with van der Waals surface area (Å²) < 4.78 is 17.4. The number of ether oxygens (including phenoxy) is 3. The zero-order valence-electron chi connectivity index (χ0n) is 20.8. The van der Waals surface area contributed by atoms with Crippen LogP contribution in [0.5, 0.6) is 11.5 Å². The molecule has 4 rings (SSSR count). The molecule has 0 aromatic heterocycles. The molecular weight excluding hydrogens is 468 g/mol. The van der Waals surface area contributed by atoms with Crippen molar-refractivity contribution >= 4 is 11.9 Å². The first-order valence-electron chi connectivity index (χ1n) is 12.5. The van der Waals surface area contributed by atoms with Gasteiger partial charge in [0.2, 0.25) is 0 Å². The number of nitrogen functional groups attached to an aromatic ring is 1. The summed E-state index contributed by atoms with van der Waals surface area (Å²) in [6.45, 7) is 1.86. The number of amides is 1. The standard InChI is InChI=1S/C29H34N4O4/c30-24(20-35-27-8-4-7-23(18-27)28(31)32)17-21-9-11-25(12-10-21)37-26-13-15-33(16-14-26)29(34)36-19-22-5-2-1-3-6-22/h1-12,18,24,26H,13-17,19-20,30H2,(H3,31,32)/t24-/m0/s1. The number of rotatable bonds is 10. The average molecular weight is 503 g/mol. The molecule has 0 aliphatic carbocycles. The quantitative estimate of drug-likeness (QED) is 0.283. The predicted molar refractivity (Wildman–Crippen MR) is 143 cm³/mol. The number of hydrogen-bond donors (Lipinski definition) is 3. The van der Waals surface area contributed by atoms with Crippen molar-refractivity contribution in [3.8, 4) is 11.5 Å². The Kier molecular flexibility index (Phi) is 8.99. The van der Waals surface area contributed by atoms with E-state index >= 15 is 0 Å². The minimum absolute atomic E-state index is 0.00366. The Morgan fingerprint density at radius 3 is 2.38 bits per heavy atom. The number of amidine groups is 1. The fourth-order valence-electron chi connectivity index (χ4n) is 4.18. The van der Waals surface area contributed by atoms with Crippen LogP contribution in [-0.2, 0) is 17.8 Å². The van der Waals surface area contributed by atoms with E-state index in [0.717, 1.165) is 29.7 Å². The highest BCUT2D eigenvalue weighted by Crippen LogP contribution is 2.21. The summed E-state index contributed by atoms with van der Waals surface area (Å²) >= 11 is 0. The van der Waals surface area contributed by atoms with Crippen LogP contribution in [-0.4, -0.2) is 48.7 Å². The lowest BCUT2D eigenvalue weighted by Crippen LogP contribution is -2.42. The zero-order valence-corrected chi connectivity index (χ0v) is 20.8. The Morgan fingerprint density at radius 1 is 0.946 bits per heavy atom. The van der Waals surface area contributed by atoms with Crippen LogP contribution in [0.3, 0.4) is 0 Å². The van der Waals surface area contributed by atoms with Gasteiger partial charge in [0.05, 0.1) is 0 Å². The van der Waals surface area contributed by atoms with E-state index in [4.69, 9.17) is 31.1 Å². The van der Waals surface area contributed by atoms with Crippen molar-refractivity contribution in [1.29, 1.82) is 5.41 Å². The molecule has 3 aromatic rings. The summed E-state index contributed by atoms with van der Waals surface area (Å²) in [4.78, 5) is 14.1. The summed E-state index contributed by atoms with van der Waals surface area (Å²) in [5.41, 5.74) is 14.5. The first kappa shape index (κ1) is 26.0. The van der Waals surface area contributed by atoms with E-state index in [9.17, 15) is 4.79 Å². The Hall–Kier alpha value is -4.04. The smallest absolute Gasteiger partial charge is 0.410 e. The van der Waals surface area contributed by atoms with Crippen LogP contribution in [0.25, 0.3) is 0 Å². The van der Waals surface area contributed by atoms with Crippen molar-refractivity contribution in [3.63, 3.8) is 0 Å². The number of piperidine rings is 1. The van der Waals surface area contributed by atoms with Crippen LogP contribution in [0.1, 0.15) is 29.5 Å². The first-order valence-corrected chi connectivity index (χ1v) is 12.5. The van der Waals surface area contributed by atoms with E-state index in [1.807, 2.05) is 60.7 Å². The molecule has 0 saturated carbocycles. The largest absolute Gasteiger partial charge is 0.492 e. The SMILES string of the molecule is N=C(N)c1cccc(OC[C@@H](N)Cc2ccc(OC3CCN(C(=O)OCc4ccccc4)CC3)cc2)c1. The molecule has 1 heterocycles. The third-order valence-electron chi connectivity index (χ3n) is 6.24. The maximum absolute atomic E-state index is 12.4. The molecule has 1 atom stereocenters. The van der Waals surface area contributed by atoms with Gasteiger partial charge in [0.1, 0.15) is 36.7 Å². The second-order valence-electron chi connectivity index (χ2n) is 9.21. The highest BCUT2D eigenvalue weighted by Gasteiger charge is 2.25. The lowest BCUT2D eigenvalue weighted by Gasteiger charge is -2.31. The van der Waals surface area contributed by atoms with Crippen LogP contribution in [0.2, 0.25) is 0 Å². The molecular formula is C29H34N4O4. The maximum Gasteiger partial charge on any atom is 0.410 e. The Labute approximate surface area is 217 Å². The molecule has 0 radical (unpaired) electrons. The van der Waals surface area contributed by atoms with Crippen molar-refractivity contribution in [3.05, 3.63) is 95.6 Å². The second-order valence-corrected chi connectivity index (χ2v) is 9.21. The van der Waals surface area contributed by atoms with Crippen molar-refractivity contribution < 1.29 is 19.0 Å². The summed E-state index contributed by atoms with van der Waals surface area (Å²) in [7, 11) is 0. The summed E-state index contributed by atoms with van der Waals surface area (Å²) in [5.74, 6) is 1.45. The fraction of sp³-hybridized carbons (Fsp3) is 0.310. The number of nitrogens with two attached hydrogens (primary N) is 2. The second kappa shape index (κ2) is 12.8. The number of carbonyl (C=O) groups excluding carboxylic acids is 1. The molecule has 1 amide bonds. The molecule has 8 nitrogen and oxygen atoms in total. The van der Waals surface area contributed by atoms with Crippen molar-refractivity contribution in [2.45, 2.75) is 38.0 Å². The third-order valence-corrected chi connectivity index (χ3v) is 6.24. The Bertz CT molecular complexity index is 1160. The predicted octanol–water partition coefficient (Wildman–Crippen LogP) is 4.10.